The van der Waals surface area contributed by atoms with Gasteiger partial charge in [0.05, 0.1) is 12.2 Å². The van der Waals surface area contributed by atoms with Gasteiger partial charge in [0.25, 0.3) is 0 Å². The Labute approximate surface area is 156 Å². The zero-order chi connectivity index (χ0) is 17.8. The van der Waals surface area contributed by atoms with Gasteiger partial charge in [0.1, 0.15) is 11.6 Å². The van der Waals surface area contributed by atoms with Crippen molar-refractivity contribution in [3.63, 3.8) is 0 Å². The van der Waals surface area contributed by atoms with E-state index in [1.807, 2.05) is 12.3 Å². The molecule has 3 heterocycles. The van der Waals surface area contributed by atoms with Gasteiger partial charge in [0.2, 0.25) is 0 Å². The molecular formula is C18H21BrN4O2. The van der Waals surface area contributed by atoms with Gasteiger partial charge in [-0.2, -0.15) is 0 Å². The molecule has 0 spiro atoms. The molecule has 7 heteroatoms. The first-order valence-corrected chi connectivity index (χ1v) is 9.13. The van der Waals surface area contributed by atoms with E-state index in [4.69, 9.17) is 4.74 Å². The highest BCUT2D eigenvalue weighted by atomic mass is 79.9. The van der Waals surface area contributed by atoms with Gasteiger partial charge in [0, 0.05) is 43.0 Å². The monoisotopic (exact) mass is 404 g/mol. The molecule has 0 amide bonds. The Morgan fingerprint density at radius 1 is 1.16 bits per heavy atom. The van der Waals surface area contributed by atoms with Gasteiger partial charge >= 0.3 is 5.97 Å². The maximum Gasteiger partial charge on any atom is 0.339 e. The predicted octanol–water partition coefficient (Wildman–Crippen LogP) is 3.05. The van der Waals surface area contributed by atoms with Crippen molar-refractivity contribution in [2.75, 3.05) is 42.6 Å². The zero-order valence-electron chi connectivity index (χ0n) is 14.4. The summed E-state index contributed by atoms with van der Waals surface area (Å²) in [4.78, 5) is 25.2. The predicted molar refractivity (Wildman–Crippen MR) is 101 cm³/mol. The summed E-state index contributed by atoms with van der Waals surface area (Å²) < 4.78 is 5.98. The molecule has 1 saturated heterocycles. The number of rotatable bonds is 4. The molecule has 0 atom stereocenters. The molecule has 0 radical (unpaired) electrons. The maximum atomic E-state index is 11.7. The molecular weight excluding hydrogens is 384 g/mol. The summed E-state index contributed by atoms with van der Waals surface area (Å²) in [6.45, 7) is 7.74. The van der Waals surface area contributed by atoms with Crippen molar-refractivity contribution in [1.82, 2.24) is 9.97 Å². The fourth-order valence-electron chi connectivity index (χ4n) is 2.92. The normalized spacial score (nSPS) is 14.5. The van der Waals surface area contributed by atoms with Crippen LogP contribution in [0.2, 0.25) is 0 Å². The van der Waals surface area contributed by atoms with Gasteiger partial charge in [-0.3, -0.25) is 0 Å². The molecule has 1 fully saturated rings. The number of hydrogen-bond donors (Lipinski definition) is 0. The van der Waals surface area contributed by atoms with Crippen molar-refractivity contribution in [2.45, 2.75) is 13.8 Å². The Morgan fingerprint density at radius 2 is 1.88 bits per heavy atom. The second-order valence-electron chi connectivity index (χ2n) is 5.89. The van der Waals surface area contributed by atoms with Crippen molar-refractivity contribution in [3.05, 3.63) is 46.2 Å². The van der Waals surface area contributed by atoms with E-state index in [2.05, 4.69) is 48.7 Å². The van der Waals surface area contributed by atoms with Crippen LogP contribution < -0.4 is 9.80 Å². The summed E-state index contributed by atoms with van der Waals surface area (Å²) in [6, 6.07) is 5.74. The summed E-state index contributed by atoms with van der Waals surface area (Å²) in [5.41, 5.74) is 1.65. The SMILES string of the molecule is CCOC(=O)c1ccc(N2CCN(c3ncc(Br)cc3C)CC2)nc1. The Bertz CT molecular complexity index is 743. The fraction of sp³-hybridized carbons (Fsp3) is 0.389. The van der Waals surface area contributed by atoms with Crippen LogP contribution in [0.25, 0.3) is 0 Å². The van der Waals surface area contributed by atoms with Gasteiger partial charge < -0.3 is 14.5 Å². The Hall–Kier alpha value is -2.15. The lowest BCUT2D eigenvalue weighted by Crippen LogP contribution is -2.47. The van der Waals surface area contributed by atoms with Gasteiger partial charge in [-0.1, -0.05) is 0 Å². The highest BCUT2D eigenvalue weighted by Crippen LogP contribution is 2.23. The number of piperazine rings is 1. The quantitative estimate of drug-likeness (QED) is 0.729. The van der Waals surface area contributed by atoms with Gasteiger partial charge in [-0.05, 0) is 53.5 Å². The molecule has 2 aromatic rings. The number of pyridine rings is 2. The molecule has 1 aliphatic rings. The number of aromatic nitrogens is 2. The van der Waals surface area contributed by atoms with Crippen LogP contribution in [0.1, 0.15) is 22.8 Å². The third-order valence-corrected chi connectivity index (χ3v) is 4.61. The molecule has 132 valence electrons. The molecule has 0 N–H and O–H groups in total. The molecule has 0 aliphatic carbocycles. The molecule has 2 aromatic heterocycles. The first kappa shape index (κ1) is 17.7. The number of anilines is 2. The molecule has 1 aliphatic heterocycles. The standard InChI is InChI=1S/C18H21BrN4O2/c1-3-25-18(24)14-4-5-16(20-11-14)22-6-8-23(9-7-22)17-13(2)10-15(19)12-21-17/h4-5,10-12H,3,6-9H2,1-2H3. The third kappa shape index (κ3) is 4.10. The number of carbonyl (C=O) groups is 1. The summed E-state index contributed by atoms with van der Waals surface area (Å²) in [5.74, 6) is 1.59. The minimum Gasteiger partial charge on any atom is -0.462 e. The lowest BCUT2D eigenvalue weighted by atomic mass is 10.2. The highest BCUT2D eigenvalue weighted by molar-refractivity contribution is 9.10. The number of aryl methyl sites for hydroxylation is 1. The van der Waals surface area contributed by atoms with E-state index in [0.717, 1.165) is 42.3 Å². The average Bonchev–Trinajstić information content (AvgIpc) is 2.62. The molecule has 0 aromatic carbocycles. The Morgan fingerprint density at radius 3 is 2.48 bits per heavy atom. The van der Waals surface area contributed by atoms with Gasteiger partial charge in [-0.25, -0.2) is 14.8 Å². The minimum atomic E-state index is -0.330. The summed E-state index contributed by atoms with van der Waals surface area (Å²) in [5, 5.41) is 0. The van der Waals surface area contributed by atoms with Crippen molar-refractivity contribution in [3.8, 4) is 0 Å². The van der Waals surface area contributed by atoms with Crippen LogP contribution in [-0.4, -0.2) is 48.7 Å². The van der Waals surface area contributed by atoms with E-state index in [1.54, 1.807) is 19.2 Å². The minimum absolute atomic E-state index is 0.330. The second kappa shape index (κ2) is 7.82. The first-order valence-electron chi connectivity index (χ1n) is 8.33. The number of halogens is 1. The van der Waals surface area contributed by atoms with Crippen LogP contribution in [0.4, 0.5) is 11.6 Å². The fourth-order valence-corrected chi connectivity index (χ4v) is 3.37. The van der Waals surface area contributed by atoms with E-state index < -0.39 is 0 Å². The summed E-state index contributed by atoms with van der Waals surface area (Å²) in [7, 11) is 0. The van der Waals surface area contributed by atoms with Crippen LogP contribution in [0, 0.1) is 6.92 Å². The number of ether oxygens (including phenoxy) is 1. The topological polar surface area (TPSA) is 58.6 Å². The number of hydrogen-bond acceptors (Lipinski definition) is 6. The highest BCUT2D eigenvalue weighted by Gasteiger charge is 2.20. The average molecular weight is 405 g/mol. The second-order valence-corrected chi connectivity index (χ2v) is 6.81. The summed E-state index contributed by atoms with van der Waals surface area (Å²) in [6.07, 6.45) is 3.42. The van der Waals surface area contributed by atoms with Crippen molar-refractivity contribution in [1.29, 1.82) is 0 Å². The Kier molecular flexibility index (Phi) is 5.53. The third-order valence-electron chi connectivity index (χ3n) is 4.18. The Balaban J connectivity index is 1.63. The lowest BCUT2D eigenvalue weighted by Gasteiger charge is -2.36. The number of carbonyl (C=O) groups excluding carboxylic acids is 1. The molecule has 0 bridgehead atoms. The molecule has 3 rings (SSSR count). The van der Waals surface area contributed by atoms with E-state index in [0.29, 0.717) is 12.2 Å². The van der Waals surface area contributed by atoms with E-state index in [1.165, 1.54) is 5.56 Å². The molecule has 0 saturated carbocycles. The van der Waals surface area contributed by atoms with Crippen LogP contribution in [0.5, 0.6) is 0 Å². The smallest absolute Gasteiger partial charge is 0.339 e. The van der Waals surface area contributed by atoms with Gasteiger partial charge in [-0.15, -0.1) is 0 Å². The largest absolute Gasteiger partial charge is 0.462 e. The van der Waals surface area contributed by atoms with Crippen LogP contribution in [0.3, 0.4) is 0 Å². The van der Waals surface area contributed by atoms with E-state index >= 15 is 0 Å². The maximum absolute atomic E-state index is 11.7. The van der Waals surface area contributed by atoms with Crippen molar-refractivity contribution >= 4 is 33.5 Å². The van der Waals surface area contributed by atoms with Gasteiger partial charge in [0.15, 0.2) is 0 Å². The van der Waals surface area contributed by atoms with E-state index in [9.17, 15) is 4.79 Å². The van der Waals surface area contributed by atoms with Crippen LogP contribution >= 0.6 is 15.9 Å². The van der Waals surface area contributed by atoms with Crippen LogP contribution in [0.15, 0.2) is 35.1 Å². The first-order chi connectivity index (χ1) is 12.1. The van der Waals surface area contributed by atoms with Crippen molar-refractivity contribution < 1.29 is 9.53 Å². The van der Waals surface area contributed by atoms with Crippen molar-refractivity contribution in [2.24, 2.45) is 0 Å². The number of esters is 1. The van der Waals surface area contributed by atoms with E-state index in [-0.39, 0.29) is 5.97 Å². The molecule has 0 unspecified atom stereocenters. The zero-order valence-corrected chi connectivity index (χ0v) is 16.0. The summed E-state index contributed by atoms with van der Waals surface area (Å²) >= 11 is 3.46. The van der Waals surface area contributed by atoms with Crippen LogP contribution in [-0.2, 0) is 4.74 Å². The molecule has 25 heavy (non-hydrogen) atoms. The molecule has 6 nitrogen and oxygen atoms in total. The number of nitrogens with zero attached hydrogens (tertiary/aromatic N) is 4. The lowest BCUT2D eigenvalue weighted by molar-refractivity contribution is 0.0526.